The number of ether oxygens (including phenoxy) is 2. The maximum atomic E-state index is 11.4. The van der Waals surface area contributed by atoms with Crippen molar-refractivity contribution in [1.82, 2.24) is 0 Å². The first-order valence-corrected chi connectivity index (χ1v) is 4.87. The van der Waals surface area contributed by atoms with Crippen LogP contribution >= 0.6 is 0 Å². The van der Waals surface area contributed by atoms with Gasteiger partial charge in [-0.2, -0.15) is 0 Å². The van der Waals surface area contributed by atoms with Gasteiger partial charge in [0, 0.05) is 11.6 Å². The van der Waals surface area contributed by atoms with E-state index in [0.29, 0.717) is 42.4 Å². The summed E-state index contributed by atoms with van der Waals surface area (Å²) in [6.07, 6.45) is 0.526. The van der Waals surface area contributed by atoms with Gasteiger partial charge in [0.05, 0.1) is 5.69 Å². The number of benzene rings is 1. The highest BCUT2D eigenvalue weighted by Gasteiger charge is 2.17. The first-order chi connectivity index (χ1) is 7.72. The highest BCUT2D eigenvalue weighted by molar-refractivity contribution is 6.02. The van der Waals surface area contributed by atoms with Crippen LogP contribution in [0, 0.1) is 0 Å². The minimum atomic E-state index is -0.138. The molecule has 1 aromatic rings. The average Bonchev–Trinajstić information content (AvgIpc) is 2.28. The second-order valence-corrected chi connectivity index (χ2v) is 3.36. The number of hydrogen-bond donors (Lipinski definition) is 1. The Morgan fingerprint density at radius 2 is 1.94 bits per heavy atom. The Kier molecular flexibility index (Phi) is 2.76. The summed E-state index contributed by atoms with van der Waals surface area (Å²) in [5.74, 6) is 0.940. The van der Waals surface area contributed by atoms with Gasteiger partial charge in [0.25, 0.3) is 0 Å². The van der Waals surface area contributed by atoms with Crippen LogP contribution in [0.3, 0.4) is 0 Å². The fraction of sp³-hybridized carbons (Fsp3) is 0.273. The van der Waals surface area contributed by atoms with Crippen molar-refractivity contribution in [1.29, 1.82) is 0 Å². The van der Waals surface area contributed by atoms with Crippen LogP contribution in [0.5, 0.6) is 11.5 Å². The van der Waals surface area contributed by atoms with Crippen LogP contribution in [0.4, 0.5) is 5.69 Å². The van der Waals surface area contributed by atoms with E-state index in [1.807, 2.05) is 0 Å². The van der Waals surface area contributed by atoms with Crippen molar-refractivity contribution < 1.29 is 19.1 Å². The molecule has 0 aliphatic carbocycles. The van der Waals surface area contributed by atoms with Gasteiger partial charge in [0.1, 0.15) is 13.2 Å². The number of anilines is 1. The van der Waals surface area contributed by atoms with E-state index < -0.39 is 0 Å². The summed E-state index contributed by atoms with van der Waals surface area (Å²) in [5, 5.41) is 2.47. The Morgan fingerprint density at radius 1 is 1.31 bits per heavy atom. The van der Waals surface area contributed by atoms with E-state index in [1.165, 1.54) is 6.92 Å². The van der Waals surface area contributed by atoms with Crippen LogP contribution in [0.15, 0.2) is 12.1 Å². The molecule has 0 saturated heterocycles. The molecule has 1 aromatic carbocycles. The minimum Gasteiger partial charge on any atom is -0.486 e. The molecule has 0 unspecified atom stereocenters. The summed E-state index contributed by atoms with van der Waals surface area (Å²) >= 11 is 0. The van der Waals surface area contributed by atoms with Crippen LogP contribution in [-0.4, -0.2) is 25.4 Å². The molecule has 16 heavy (non-hydrogen) atoms. The summed E-state index contributed by atoms with van der Waals surface area (Å²) in [6, 6.07) is 3.18. The predicted octanol–water partition coefficient (Wildman–Crippen LogP) is 1.23. The van der Waals surface area contributed by atoms with Gasteiger partial charge in [-0.05, 0) is 13.0 Å². The second-order valence-electron chi connectivity index (χ2n) is 3.36. The lowest BCUT2D eigenvalue weighted by Crippen LogP contribution is -2.16. The van der Waals surface area contributed by atoms with Gasteiger partial charge >= 0.3 is 0 Å². The van der Waals surface area contributed by atoms with Crippen molar-refractivity contribution in [2.24, 2.45) is 0 Å². The molecule has 0 atom stereocenters. The van der Waals surface area contributed by atoms with Gasteiger partial charge in [0.15, 0.2) is 17.3 Å². The van der Waals surface area contributed by atoms with Crippen molar-refractivity contribution in [3.63, 3.8) is 0 Å². The molecule has 1 heterocycles. The Hall–Kier alpha value is -2.04. The smallest absolute Gasteiger partial charge is 0.211 e. The molecule has 0 fully saturated rings. The van der Waals surface area contributed by atoms with Crippen LogP contribution in [-0.2, 0) is 4.79 Å². The Morgan fingerprint density at radius 3 is 2.50 bits per heavy atom. The van der Waals surface area contributed by atoms with Gasteiger partial charge in [-0.1, -0.05) is 0 Å². The number of Topliss-reactive ketones (excluding diaryl/α,β-unsaturated/α-hetero) is 1. The number of hydrogen-bond acceptors (Lipinski definition) is 4. The monoisotopic (exact) mass is 221 g/mol. The number of fused-ring (bicyclic) bond motifs is 1. The normalized spacial score (nSPS) is 13.1. The quantitative estimate of drug-likeness (QED) is 0.615. The fourth-order valence-electron chi connectivity index (χ4n) is 1.56. The zero-order valence-electron chi connectivity index (χ0n) is 8.78. The summed E-state index contributed by atoms with van der Waals surface area (Å²) in [5.41, 5.74) is 0.850. The molecule has 5 nitrogen and oxygen atoms in total. The highest BCUT2D eigenvalue weighted by Crippen LogP contribution is 2.35. The van der Waals surface area contributed by atoms with Crippen molar-refractivity contribution in [3.05, 3.63) is 17.7 Å². The molecule has 0 aromatic heterocycles. The predicted molar refractivity (Wildman–Crippen MR) is 57.1 cm³/mol. The third kappa shape index (κ3) is 1.84. The largest absolute Gasteiger partial charge is 0.486 e. The molecule has 2 rings (SSSR count). The van der Waals surface area contributed by atoms with Gasteiger partial charge in [-0.3, -0.25) is 9.59 Å². The lowest BCUT2D eigenvalue weighted by Gasteiger charge is -2.20. The molecule has 84 valence electrons. The van der Waals surface area contributed by atoms with Gasteiger partial charge in [-0.15, -0.1) is 0 Å². The first kappa shape index (κ1) is 10.5. The summed E-state index contributed by atoms with van der Waals surface area (Å²) < 4.78 is 10.7. The topological polar surface area (TPSA) is 64.6 Å². The zero-order chi connectivity index (χ0) is 11.5. The van der Waals surface area contributed by atoms with Crippen LogP contribution < -0.4 is 14.8 Å². The third-order valence-electron chi connectivity index (χ3n) is 2.28. The SMILES string of the molecule is CC(=O)c1cc2c(cc1NC=O)OCCO2. The van der Waals surface area contributed by atoms with E-state index in [4.69, 9.17) is 9.47 Å². The highest BCUT2D eigenvalue weighted by atomic mass is 16.6. The average molecular weight is 221 g/mol. The van der Waals surface area contributed by atoms with E-state index in [1.54, 1.807) is 12.1 Å². The van der Waals surface area contributed by atoms with E-state index in [0.717, 1.165) is 0 Å². The molecule has 0 radical (unpaired) electrons. The molecular weight excluding hydrogens is 210 g/mol. The Labute approximate surface area is 92.4 Å². The molecule has 1 aliphatic rings. The number of rotatable bonds is 3. The van der Waals surface area contributed by atoms with Gasteiger partial charge in [0.2, 0.25) is 6.41 Å². The van der Waals surface area contributed by atoms with Crippen LogP contribution in [0.1, 0.15) is 17.3 Å². The maximum Gasteiger partial charge on any atom is 0.211 e. The van der Waals surface area contributed by atoms with Crippen molar-refractivity contribution in [2.45, 2.75) is 6.92 Å². The van der Waals surface area contributed by atoms with Gasteiger partial charge in [-0.25, -0.2) is 0 Å². The minimum absolute atomic E-state index is 0.138. The maximum absolute atomic E-state index is 11.4. The molecule has 1 amide bonds. The number of nitrogens with one attached hydrogen (secondary N) is 1. The van der Waals surface area contributed by atoms with Crippen molar-refractivity contribution in [2.75, 3.05) is 18.5 Å². The van der Waals surface area contributed by atoms with E-state index in [9.17, 15) is 9.59 Å². The molecule has 1 aliphatic heterocycles. The van der Waals surface area contributed by atoms with Crippen LogP contribution in [0.2, 0.25) is 0 Å². The zero-order valence-corrected chi connectivity index (χ0v) is 8.78. The van der Waals surface area contributed by atoms with Crippen molar-refractivity contribution >= 4 is 17.9 Å². The molecular formula is C11H11NO4. The molecule has 0 bridgehead atoms. The Balaban J connectivity index is 2.49. The van der Waals surface area contributed by atoms with E-state index in [-0.39, 0.29) is 5.78 Å². The lowest BCUT2D eigenvalue weighted by atomic mass is 10.1. The molecule has 5 heteroatoms. The number of ketones is 1. The third-order valence-corrected chi connectivity index (χ3v) is 2.28. The standard InChI is InChI=1S/C11H11NO4/c1-7(14)8-4-10-11(16-3-2-15-10)5-9(8)12-6-13/h4-6H,2-3H2,1H3,(H,12,13). The Bertz CT molecular complexity index is 442. The molecule has 0 saturated carbocycles. The second kappa shape index (κ2) is 4.22. The first-order valence-electron chi connectivity index (χ1n) is 4.87. The summed E-state index contributed by atoms with van der Waals surface area (Å²) in [4.78, 5) is 21.8. The van der Waals surface area contributed by atoms with E-state index in [2.05, 4.69) is 5.32 Å². The van der Waals surface area contributed by atoms with E-state index >= 15 is 0 Å². The van der Waals surface area contributed by atoms with Crippen LogP contribution in [0.25, 0.3) is 0 Å². The number of carbonyl (C=O) groups excluding carboxylic acids is 2. The van der Waals surface area contributed by atoms with Crippen molar-refractivity contribution in [3.8, 4) is 11.5 Å². The lowest BCUT2D eigenvalue weighted by molar-refractivity contribution is -0.105. The molecule has 0 spiro atoms. The fourth-order valence-corrected chi connectivity index (χ4v) is 1.56. The summed E-state index contributed by atoms with van der Waals surface area (Å²) in [6.45, 7) is 2.36. The molecule has 1 N–H and O–H groups in total. The number of carbonyl (C=O) groups is 2. The van der Waals surface area contributed by atoms with Gasteiger partial charge < -0.3 is 14.8 Å². The number of amides is 1. The summed E-state index contributed by atoms with van der Waals surface area (Å²) in [7, 11) is 0.